The van der Waals surface area contributed by atoms with Gasteiger partial charge in [0.1, 0.15) is 0 Å². The van der Waals surface area contributed by atoms with E-state index >= 15 is 0 Å². The van der Waals surface area contributed by atoms with Crippen LogP contribution in [0.25, 0.3) is 0 Å². The highest BCUT2D eigenvalue weighted by molar-refractivity contribution is 7.09. The number of aliphatic carboxylic acids is 1. The first-order chi connectivity index (χ1) is 5.59. The predicted molar refractivity (Wildman–Crippen MR) is 46.0 cm³/mol. The Balaban J connectivity index is 2.64. The van der Waals surface area contributed by atoms with Crippen molar-refractivity contribution in [2.75, 3.05) is 0 Å². The second-order valence-corrected chi connectivity index (χ2v) is 3.56. The van der Waals surface area contributed by atoms with Crippen LogP contribution in [0.5, 0.6) is 0 Å². The average Bonchev–Trinajstić information content (AvgIpc) is 2.34. The highest BCUT2D eigenvalue weighted by Crippen LogP contribution is 2.16. The molecule has 66 valence electrons. The molecule has 1 aromatic heterocycles. The molecule has 1 unspecified atom stereocenters. The number of carboxylic acids is 1. The predicted octanol–water partition coefficient (Wildman–Crippen LogP) is 0.926. The van der Waals surface area contributed by atoms with Crippen LogP contribution in [0.3, 0.4) is 0 Å². The Morgan fingerprint density at radius 1 is 1.92 bits per heavy atom. The smallest absolute Gasteiger partial charge is 0.305 e. The topological polar surface area (TPSA) is 76.2 Å². The number of hydrogen-bond acceptors (Lipinski definition) is 4. The monoisotopic (exact) mass is 186 g/mol. The van der Waals surface area contributed by atoms with Crippen LogP contribution in [0, 0.1) is 6.92 Å². The number of carboxylic acid groups (broad SMARTS) is 1. The quantitative estimate of drug-likeness (QED) is 0.736. The molecule has 4 nitrogen and oxygen atoms in total. The summed E-state index contributed by atoms with van der Waals surface area (Å²) in [6, 6.07) is -0.479. The highest BCUT2D eigenvalue weighted by Gasteiger charge is 2.12. The summed E-state index contributed by atoms with van der Waals surface area (Å²) >= 11 is 1.48. The van der Waals surface area contributed by atoms with Crippen LogP contribution >= 0.6 is 11.3 Å². The zero-order chi connectivity index (χ0) is 9.14. The Labute approximate surface area is 74.0 Å². The summed E-state index contributed by atoms with van der Waals surface area (Å²) < 4.78 is 0. The molecule has 0 aromatic carbocycles. The molecular weight excluding hydrogens is 176 g/mol. The molecule has 0 amide bonds. The van der Waals surface area contributed by atoms with Gasteiger partial charge in [0.15, 0.2) is 0 Å². The first-order valence-corrected chi connectivity index (χ1v) is 4.37. The van der Waals surface area contributed by atoms with E-state index in [4.69, 9.17) is 10.8 Å². The molecule has 0 aliphatic heterocycles. The first-order valence-electron chi connectivity index (χ1n) is 3.49. The van der Waals surface area contributed by atoms with Crippen molar-refractivity contribution >= 4 is 17.3 Å². The van der Waals surface area contributed by atoms with E-state index in [2.05, 4.69) is 4.98 Å². The number of thiazole rings is 1. The van der Waals surface area contributed by atoms with E-state index in [-0.39, 0.29) is 6.42 Å². The Hall–Kier alpha value is -0.940. The maximum atomic E-state index is 10.3. The molecular formula is C7H10N2O2S. The summed E-state index contributed by atoms with van der Waals surface area (Å²) in [5.41, 5.74) is 6.24. The van der Waals surface area contributed by atoms with E-state index < -0.39 is 12.0 Å². The molecule has 1 atom stereocenters. The Bertz CT molecular complexity index is 285. The second kappa shape index (κ2) is 3.64. The van der Waals surface area contributed by atoms with Gasteiger partial charge in [0.05, 0.1) is 23.2 Å². The van der Waals surface area contributed by atoms with Gasteiger partial charge in [0.2, 0.25) is 0 Å². The van der Waals surface area contributed by atoms with Crippen molar-refractivity contribution in [3.05, 3.63) is 16.1 Å². The number of nitrogens with zero attached hydrogens (tertiary/aromatic N) is 1. The van der Waals surface area contributed by atoms with Crippen molar-refractivity contribution in [3.8, 4) is 0 Å². The molecule has 0 aliphatic rings. The third-order valence-electron chi connectivity index (χ3n) is 1.41. The Kier molecular flexibility index (Phi) is 2.78. The minimum Gasteiger partial charge on any atom is -0.481 e. The van der Waals surface area contributed by atoms with Crippen LogP contribution in [0.2, 0.25) is 0 Å². The highest BCUT2D eigenvalue weighted by atomic mass is 32.1. The SMILES string of the molecule is Cc1nc(C(N)CC(=O)O)cs1. The third kappa shape index (κ3) is 2.28. The molecule has 1 aromatic rings. The van der Waals surface area contributed by atoms with E-state index in [9.17, 15) is 4.79 Å². The lowest BCUT2D eigenvalue weighted by Gasteiger charge is -2.03. The van der Waals surface area contributed by atoms with E-state index in [1.807, 2.05) is 6.92 Å². The van der Waals surface area contributed by atoms with Gasteiger partial charge in [-0.05, 0) is 6.92 Å². The third-order valence-corrected chi connectivity index (χ3v) is 2.20. The van der Waals surface area contributed by atoms with Crippen LogP contribution in [0.15, 0.2) is 5.38 Å². The average molecular weight is 186 g/mol. The fourth-order valence-electron chi connectivity index (χ4n) is 0.843. The number of aryl methyl sites for hydroxylation is 1. The molecule has 0 radical (unpaired) electrons. The van der Waals surface area contributed by atoms with Crippen molar-refractivity contribution in [1.82, 2.24) is 4.98 Å². The maximum Gasteiger partial charge on any atom is 0.305 e. The van der Waals surface area contributed by atoms with Crippen LogP contribution in [0.1, 0.15) is 23.2 Å². The van der Waals surface area contributed by atoms with E-state index in [0.717, 1.165) is 5.01 Å². The fraction of sp³-hybridized carbons (Fsp3) is 0.429. The van der Waals surface area contributed by atoms with Gasteiger partial charge in [-0.25, -0.2) is 4.98 Å². The van der Waals surface area contributed by atoms with E-state index in [0.29, 0.717) is 5.69 Å². The fourth-order valence-corrected chi connectivity index (χ4v) is 1.52. The molecule has 12 heavy (non-hydrogen) atoms. The summed E-state index contributed by atoms with van der Waals surface area (Å²) in [4.78, 5) is 14.4. The van der Waals surface area contributed by atoms with Crippen LogP contribution in [-0.4, -0.2) is 16.1 Å². The van der Waals surface area contributed by atoms with Gasteiger partial charge in [0, 0.05) is 5.38 Å². The minimum absolute atomic E-state index is 0.0663. The molecule has 3 N–H and O–H groups in total. The summed E-state index contributed by atoms with van der Waals surface area (Å²) in [5, 5.41) is 11.2. The van der Waals surface area contributed by atoms with Crippen LogP contribution in [0.4, 0.5) is 0 Å². The zero-order valence-electron chi connectivity index (χ0n) is 6.65. The van der Waals surface area contributed by atoms with Crippen LogP contribution < -0.4 is 5.73 Å². The lowest BCUT2D eigenvalue weighted by Crippen LogP contribution is -2.15. The number of carbonyl (C=O) groups is 1. The van der Waals surface area contributed by atoms with Crippen LogP contribution in [-0.2, 0) is 4.79 Å². The van der Waals surface area contributed by atoms with Crippen molar-refractivity contribution in [1.29, 1.82) is 0 Å². The lowest BCUT2D eigenvalue weighted by molar-refractivity contribution is -0.137. The molecule has 5 heteroatoms. The van der Waals surface area contributed by atoms with Crippen molar-refractivity contribution in [2.45, 2.75) is 19.4 Å². The minimum atomic E-state index is -0.895. The van der Waals surface area contributed by atoms with Crippen molar-refractivity contribution in [3.63, 3.8) is 0 Å². The Morgan fingerprint density at radius 3 is 3.00 bits per heavy atom. The van der Waals surface area contributed by atoms with Gasteiger partial charge in [0.25, 0.3) is 0 Å². The van der Waals surface area contributed by atoms with E-state index in [1.165, 1.54) is 11.3 Å². The van der Waals surface area contributed by atoms with Gasteiger partial charge in [-0.2, -0.15) is 0 Å². The van der Waals surface area contributed by atoms with Gasteiger partial charge in [-0.3, -0.25) is 4.79 Å². The standard InChI is InChI=1S/C7H10N2O2S/c1-4-9-6(3-12-4)5(8)2-7(10)11/h3,5H,2,8H2,1H3,(H,10,11). The maximum absolute atomic E-state index is 10.3. The molecule has 1 rings (SSSR count). The largest absolute Gasteiger partial charge is 0.481 e. The summed E-state index contributed by atoms with van der Waals surface area (Å²) in [5.74, 6) is -0.895. The second-order valence-electron chi connectivity index (χ2n) is 2.50. The molecule has 0 fully saturated rings. The summed E-state index contributed by atoms with van der Waals surface area (Å²) in [7, 11) is 0. The van der Waals surface area contributed by atoms with Gasteiger partial charge in [-0.1, -0.05) is 0 Å². The van der Waals surface area contributed by atoms with Gasteiger partial charge in [-0.15, -0.1) is 11.3 Å². The van der Waals surface area contributed by atoms with E-state index in [1.54, 1.807) is 5.38 Å². The molecule has 0 spiro atoms. The molecule has 0 saturated heterocycles. The number of aromatic nitrogens is 1. The number of rotatable bonds is 3. The lowest BCUT2D eigenvalue weighted by atomic mass is 10.2. The molecule has 0 aliphatic carbocycles. The summed E-state index contributed by atoms with van der Waals surface area (Å²) in [6.45, 7) is 1.86. The van der Waals surface area contributed by atoms with Crippen molar-refractivity contribution < 1.29 is 9.90 Å². The number of nitrogens with two attached hydrogens (primary N) is 1. The zero-order valence-corrected chi connectivity index (χ0v) is 7.47. The Morgan fingerprint density at radius 2 is 2.58 bits per heavy atom. The van der Waals surface area contributed by atoms with Gasteiger partial charge >= 0.3 is 5.97 Å². The summed E-state index contributed by atoms with van der Waals surface area (Å²) in [6.07, 6.45) is -0.0663. The first kappa shape index (κ1) is 9.15. The molecule has 1 heterocycles. The van der Waals surface area contributed by atoms with Crippen molar-refractivity contribution in [2.24, 2.45) is 5.73 Å². The molecule has 0 bridgehead atoms. The molecule has 0 saturated carbocycles. The normalized spacial score (nSPS) is 12.8. The van der Waals surface area contributed by atoms with Gasteiger partial charge < -0.3 is 10.8 Å². The number of hydrogen-bond donors (Lipinski definition) is 2.